The highest BCUT2D eigenvalue weighted by molar-refractivity contribution is 5.44. The molecule has 1 aliphatic carbocycles. The van der Waals surface area contributed by atoms with E-state index in [-0.39, 0.29) is 6.10 Å². The average molecular weight is 222 g/mol. The summed E-state index contributed by atoms with van der Waals surface area (Å²) in [6.07, 6.45) is 2.72. The molecule has 1 N–H and O–H groups in total. The van der Waals surface area contributed by atoms with E-state index in [9.17, 15) is 0 Å². The van der Waals surface area contributed by atoms with Crippen molar-refractivity contribution >= 4 is 5.82 Å². The molecule has 1 saturated carbocycles. The molecule has 0 atom stereocenters. The van der Waals surface area contributed by atoms with E-state index >= 15 is 0 Å². The highest BCUT2D eigenvalue weighted by Crippen LogP contribution is 2.33. The molecule has 0 bridgehead atoms. The molecular weight excluding hydrogens is 204 g/mol. The molecular formula is C12H18N2O2. The third kappa shape index (κ3) is 2.78. The van der Waals surface area contributed by atoms with Gasteiger partial charge in [0.15, 0.2) is 5.75 Å². The number of aromatic nitrogens is 1. The van der Waals surface area contributed by atoms with Crippen LogP contribution < -0.4 is 14.8 Å². The number of ether oxygens (including phenoxy) is 2. The van der Waals surface area contributed by atoms with Crippen LogP contribution in [-0.2, 0) is 0 Å². The van der Waals surface area contributed by atoms with Crippen LogP contribution in [0, 0.1) is 0 Å². The van der Waals surface area contributed by atoms with Crippen LogP contribution in [0.3, 0.4) is 0 Å². The molecule has 16 heavy (non-hydrogen) atoms. The van der Waals surface area contributed by atoms with Crippen molar-refractivity contribution in [1.82, 2.24) is 4.98 Å². The van der Waals surface area contributed by atoms with E-state index in [0.717, 1.165) is 24.4 Å². The van der Waals surface area contributed by atoms with Gasteiger partial charge in [-0.2, -0.15) is 4.98 Å². The second-order valence-corrected chi connectivity index (χ2v) is 4.23. The Morgan fingerprint density at radius 1 is 1.38 bits per heavy atom. The lowest BCUT2D eigenvalue weighted by molar-refractivity contribution is 0.208. The van der Waals surface area contributed by atoms with Gasteiger partial charge in [0.2, 0.25) is 0 Å². The van der Waals surface area contributed by atoms with Crippen molar-refractivity contribution < 1.29 is 9.47 Å². The monoisotopic (exact) mass is 222 g/mol. The van der Waals surface area contributed by atoms with Crippen molar-refractivity contribution in [3.8, 4) is 11.6 Å². The summed E-state index contributed by atoms with van der Waals surface area (Å²) >= 11 is 0. The van der Waals surface area contributed by atoms with Gasteiger partial charge in [-0.05, 0) is 38.8 Å². The highest BCUT2D eigenvalue weighted by Gasteiger charge is 2.25. The fourth-order valence-electron chi connectivity index (χ4n) is 1.33. The molecule has 0 amide bonds. The van der Waals surface area contributed by atoms with Gasteiger partial charge in [-0.1, -0.05) is 0 Å². The largest absolute Gasteiger partial charge is 0.485 e. The Balaban J connectivity index is 2.18. The molecule has 2 rings (SSSR count). The third-order valence-corrected chi connectivity index (χ3v) is 2.25. The van der Waals surface area contributed by atoms with Gasteiger partial charge in [0, 0.05) is 7.05 Å². The summed E-state index contributed by atoms with van der Waals surface area (Å²) in [4.78, 5) is 4.35. The van der Waals surface area contributed by atoms with Crippen molar-refractivity contribution in [3.05, 3.63) is 12.1 Å². The van der Waals surface area contributed by atoms with E-state index in [0.29, 0.717) is 12.0 Å². The average Bonchev–Trinajstić information content (AvgIpc) is 3.03. The van der Waals surface area contributed by atoms with E-state index in [2.05, 4.69) is 10.3 Å². The lowest BCUT2D eigenvalue weighted by Crippen LogP contribution is -2.10. The molecule has 0 aliphatic heterocycles. The molecule has 1 heterocycles. The van der Waals surface area contributed by atoms with Crippen LogP contribution in [0.4, 0.5) is 5.82 Å². The molecule has 1 aromatic rings. The molecule has 0 radical (unpaired) electrons. The van der Waals surface area contributed by atoms with E-state index in [1.807, 2.05) is 33.0 Å². The van der Waals surface area contributed by atoms with Crippen molar-refractivity contribution in [2.45, 2.75) is 38.9 Å². The van der Waals surface area contributed by atoms with Crippen molar-refractivity contribution in [2.75, 3.05) is 12.4 Å². The number of hydrogen-bond acceptors (Lipinski definition) is 4. The van der Waals surface area contributed by atoms with E-state index in [1.54, 1.807) is 0 Å². The Bertz CT molecular complexity index is 362. The van der Waals surface area contributed by atoms with Crippen LogP contribution in [0.5, 0.6) is 11.6 Å². The third-order valence-electron chi connectivity index (χ3n) is 2.25. The van der Waals surface area contributed by atoms with Crippen molar-refractivity contribution in [3.63, 3.8) is 0 Å². The number of nitrogens with zero attached hydrogens (tertiary/aromatic N) is 1. The quantitative estimate of drug-likeness (QED) is 0.831. The maximum atomic E-state index is 5.74. The van der Waals surface area contributed by atoms with Crippen LogP contribution in [0.15, 0.2) is 12.1 Å². The summed E-state index contributed by atoms with van der Waals surface area (Å²) in [5, 5.41) is 2.99. The van der Waals surface area contributed by atoms with Gasteiger partial charge < -0.3 is 14.8 Å². The van der Waals surface area contributed by atoms with Crippen molar-refractivity contribution in [2.24, 2.45) is 0 Å². The number of rotatable bonds is 5. The summed E-state index contributed by atoms with van der Waals surface area (Å²) in [6, 6.07) is 3.81. The predicted molar refractivity (Wildman–Crippen MR) is 63.2 cm³/mol. The highest BCUT2D eigenvalue weighted by atomic mass is 16.5. The normalized spacial score (nSPS) is 15.0. The summed E-state index contributed by atoms with van der Waals surface area (Å²) in [6.45, 7) is 3.96. The zero-order valence-electron chi connectivity index (χ0n) is 9.99. The molecule has 0 saturated heterocycles. The first-order chi connectivity index (χ1) is 7.69. The topological polar surface area (TPSA) is 43.4 Å². The molecule has 4 nitrogen and oxygen atoms in total. The second kappa shape index (κ2) is 4.60. The minimum atomic E-state index is 0.0983. The fraction of sp³-hybridized carbons (Fsp3) is 0.583. The Morgan fingerprint density at radius 2 is 2.12 bits per heavy atom. The molecule has 88 valence electrons. The van der Waals surface area contributed by atoms with Crippen LogP contribution in [0.2, 0.25) is 0 Å². The standard InChI is InChI=1S/C12H18N2O2/c1-8(2)15-12-10(16-9-4-5-9)6-7-11(13-3)14-12/h6-9H,4-5H2,1-3H3,(H,13,14). The minimum absolute atomic E-state index is 0.0983. The Labute approximate surface area is 96.0 Å². The van der Waals surface area contributed by atoms with Crippen LogP contribution in [-0.4, -0.2) is 24.2 Å². The Kier molecular flexibility index (Phi) is 3.17. The Hall–Kier alpha value is -1.45. The lowest BCUT2D eigenvalue weighted by Gasteiger charge is -2.14. The molecule has 1 aliphatic rings. The zero-order valence-corrected chi connectivity index (χ0v) is 9.99. The van der Waals surface area contributed by atoms with Crippen LogP contribution in [0.25, 0.3) is 0 Å². The Morgan fingerprint density at radius 3 is 2.69 bits per heavy atom. The van der Waals surface area contributed by atoms with Crippen molar-refractivity contribution in [1.29, 1.82) is 0 Å². The number of hydrogen-bond donors (Lipinski definition) is 1. The maximum absolute atomic E-state index is 5.74. The molecule has 1 aromatic heterocycles. The fourth-order valence-corrected chi connectivity index (χ4v) is 1.33. The molecule has 4 heteroatoms. The van der Waals surface area contributed by atoms with Gasteiger partial charge in [-0.3, -0.25) is 0 Å². The van der Waals surface area contributed by atoms with Gasteiger partial charge >= 0.3 is 0 Å². The van der Waals surface area contributed by atoms with Gasteiger partial charge in [0.05, 0.1) is 12.2 Å². The molecule has 0 unspecified atom stereocenters. The van der Waals surface area contributed by atoms with Crippen LogP contribution in [0.1, 0.15) is 26.7 Å². The maximum Gasteiger partial charge on any atom is 0.259 e. The number of pyridine rings is 1. The lowest BCUT2D eigenvalue weighted by atomic mass is 10.4. The second-order valence-electron chi connectivity index (χ2n) is 4.23. The summed E-state index contributed by atoms with van der Waals surface area (Å²) in [5.74, 6) is 2.11. The first kappa shape index (κ1) is 11.0. The number of anilines is 1. The summed E-state index contributed by atoms with van der Waals surface area (Å²) in [7, 11) is 1.84. The minimum Gasteiger partial charge on any atom is -0.485 e. The van der Waals surface area contributed by atoms with Gasteiger partial charge in [0.1, 0.15) is 5.82 Å². The first-order valence-corrected chi connectivity index (χ1v) is 5.71. The summed E-state index contributed by atoms with van der Waals surface area (Å²) in [5.41, 5.74) is 0. The summed E-state index contributed by atoms with van der Waals surface area (Å²) < 4.78 is 11.4. The SMILES string of the molecule is CNc1ccc(OC2CC2)c(OC(C)C)n1. The van der Waals surface area contributed by atoms with E-state index < -0.39 is 0 Å². The van der Waals surface area contributed by atoms with E-state index in [1.165, 1.54) is 0 Å². The first-order valence-electron chi connectivity index (χ1n) is 5.71. The molecule has 1 fully saturated rings. The smallest absolute Gasteiger partial charge is 0.259 e. The molecule has 0 aromatic carbocycles. The zero-order chi connectivity index (χ0) is 11.5. The predicted octanol–water partition coefficient (Wildman–Crippen LogP) is 2.45. The van der Waals surface area contributed by atoms with E-state index in [4.69, 9.17) is 9.47 Å². The number of nitrogens with one attached hydrogen (secondary N) is 1. The van der Waals surface area contributed by atoms with Gasteiger partial charge in [-0.15, -0.1) is 0 Å². The van der Waals surface area contributed by atoms with Gasteiger partial charge in [0.25, 0.3) is 5.88 Å². The van der Waals surface area contributed by atoms with Crippen LogP contribution >= 0.6 is 0 Å². The molecule has 0 spiro atoms. The van der Waals surface area contributed by atoms with Gasteiger partial charge in [-0.25, -0.2) is 0 Å².